The van der Waals surface area contributed by atoms with Gasteiger partial charge >= 0.3 is 11.5 Å². The highest BCUT2D eigenvalue weighted by Crippen LogP contribution is 2.25. The molecule has 20 heavy (non-hydrogen) atoms. The van der Waals surface area contributed by atoms with Crippen molar-refractivity contribution >= 4 is 11.5 Å². The Kier molecular flexibility index (Phi) is 3.55. The number of hydrogen-bond donors (Lipinski definition) is 0. The van der Waals surface area contributed by atoms with Crippen molar-refractivity contribution in [3.8, 4) is 5.75 Å². The summed E-state index contributed by atoms with van der Waals surface area (Å²) in [6.45, 7) is -0.130. The van der Waals surface area contributed by atoms with Gasteiger partial charge in [-0.3, -0.25) is 15.1 Å². The minimum atomic E-state index is -0.622. The molecule has 0 saturated carbocycles. The van der Waals surface area contributed by atoms with E-state index >= 15 is 0 Å². The van der Waals surface area contributed by atoms with E-state index in [1.807, 2.05) is 0 Å². The molecule has 0 aliphatic heterocycles. The quantitative estimate of drug-likeness (QED) is 0.594. The molecule has 0 aliphatic carbocycles. The van der Waals surface area contributed by atoms with Crippen LogP contribution in [0.1, 0.15) is 5.82 Å². The van der Waals surface area contributed by atoms with Crippen molar-refractivity contribution in [1.82, 2.24) is 14.5 Å². The molecule has 0 spiro atoms. The Morgan fingerprint density at radius 3 is 2.65 bits per heavy atom. The van der Waals surface area contributed by atoms with Crippen molar-refractivity contribution in [2.75, 3.05) is 0 Å². The third kappa shape index (κ3) is 2.53. The van der Waals surface area contributed by atoms with Gasteiger partial charge in [0.25, 0.3) is 0 Å². The molecule has 0 N–H and O–H groups in total. The largest absolute Gasteiger partial charge is 0.476 e. The number of nitro groups is 2. The second kappa shape index (κ2) is 5.30. The van der Waals surface area contributed by atoms with Gasteiger partial charge < -0.3 is 14.9 Å². The van der Waals surface area contributed by atoms with Gasteiger partial charge in [-0.15, -0.1) is 0 Å². The van der Waals surface area contributed by atoms with Crippen LogP contribution in [0, 0.1) is 20.2 Å². The smallest absolute Gasteiger partial charge is 0.342 e. The molecule has 0 radical (unpaired) electrons. The summed E-state index contributed by atoms with van der Waals surface area (Å²) < 4.78 is 6.51. The van der Waals surface area contributed by atoms with Gasteiger partial charge in [0.2, 0.25) is 11.6 Å². The molecule has 0 saturated heterocycles. The summed E-state index contributed by atoms with van der Waals surface area (Å²) in [6, 6.07) is 1.34. The van der Waals surface area contributed by atoms with Crippen LogP contribution in [0.15, 0.2) is 24.7 Å². The molecule has 0 aliphatic rings. The molecule has 2 rings (SSSR count). The number of hydrogen-bond acceptors (Lipinski definition) is 7. The van der Waals surface area contributed by atoms with Crippen molar-refractivity contribution < 1.29 is 14.6 Å². The van der Waals surface area contributed by atoms with E-state index in [9.17, 15) is 20.2 Å². The number of ether oxygens (including phenoxy) is 1. The molecule has 10 heteroatoms. The van der Waals surface area contributed by atoms with E-state index in [1.165, 1.54) is 23.9 Å². The Labute approximate surface area is 111 Å². The van der Waals surface area contributed by atoms with Crippen LogP contribution in [-0.2, 0) is 13.7 Å². The zero-order valence-corrected chi connectivity index (χ0v) is 10.3. The van der Waals surface area contributed by atoms with Crippen LogP contribution in [0.2, 0.25) is 0 Å². The Morgan fingerprint density at radius 1 is 1.30 bits per heavy atom. The molecule has 0 fully saturated rings. The van der Waals surface area contributed by atoms with Crippen molar-refractivity contribution in [3.63, 3.8) is 0 Å². The minimum Gasteiger partial charge on any atom is -0.476 e. The molecule has 104 valence electrons. The summed E-state index contributed by atoms with van der Waals surface area (Å²) in [6.07, 6.45) is 3.51. The van der Waals surface area contributed by atoms with E-state index in [0.29, 0.717) is 0 Å². The standard InChI is InChI=1S/C10H9N5O5/c1-13-9(12-5-10(13)15(18)19)6-20-8-2-3-11-4-7(8)14(16)17/h2-5H,6H2,1H3. The summed E-state index contributed by atoms with van der Waals surface area (Å²) >= 11 is 0. The summed E-state index contributed by atoms with van der Waals surface area (Å²) in [7, 11) is 1.46. The van der Waals surface area contributed by atoms with Crippen LogP contribution in [0.3, 0.4) is 0 Å². The van der Waals surface area contributed by atoms with Gasteiger partial charge in [0.05, 0.1) is 12.0 Å². The third-order valence-electron chi connectivity index (χ3n) is 2.56. The highest BCUT2D eigenvalue weighted by Gasteiger charge is 2.19. The highest BCUT2D eigenvalue weighted by atomic mass is 16.6. The lowest BCUT2D eigenvalue weighted by atomic mass is 10.4. The van der Waals surface area contributed by atoms with Crippen LogP contribution >= 0.6 is 0 Å². The zero-order valence-electron chi connectivity index (χ0n) is 10.3. The van der Waals surface area contributed by atoms with Crippen LogP contribution in [-0.4, -0.2) is 24.4 Å². The molecule has 0 unspecified atom stereocenters. The predicted octanol–water partition coefficient (Wildman–Crippen LogP) is 1.21. The average molecular weight is 279 g/mol. The Balaban J connectivity index is 2.17. The van der Waals surface area contributed by atoms with Gasteiger partial charge in [-0.1, -0.05) is 0 Å². The fraction of sp³-hybridized carbons (Fsp3) is 0.200. The van der Waals surface area contributed by atoms with Crippen LogP contribution in [0.25, 0.3) is 0 Å². The van der Waals surface area contributed by atoms with Gasteiger partial charge in [0.15, 0.2) is 6.61 Å². The fourth-order valence-corrected chi connectivity index (χ4v) is 1.52. The van der Waals surface area contributed by atoms with E-state index in [4.69, 9.17) is 4.74 Å². The monoisotopic (exact) mass is 279 g/mol. The van der Waals surface area contributed by atoms with Crippen molar-refractivity contribution in [2.24, 2.45) is 7.05 Å². The van der Waals surface area contributed by atoms with Gasteiger partial charge in [-0.25, -0.2) is 9.55 Å². The minimum absolute atomic E-state index is 0.0238. The van der Waals surface area contributed by atoms with Gasteiger partial charge in [-0.05, 0) is 4.92 Å². The van der Waals surface area contributed by atoms with E-state index < -0.39 is 9.85 Å². The average Bonchev–Trinajstić information content (AvgIpc) is 2.78. The van der Waals surface area contributed by atoms with E-state index in [2.05, 4.69) is 9.97 Å². The van der Waals surface area contributed by atoms with Crippen molar-refractivity contribution in [3.05, 3.63) is 50.7 Å². The van der Waals surface area contributed by atoms with Gasteiger partial charge in [0, 0.05) is 12.3 Å². The summed E-state index contributed by atoms with van der Waals surface area (Å²) in [5.41, 5.74) is -0.281. The topological polar surface area (TPSA) is 126 Å². The van der Waals surface area contributed by atoms with Crippen LogP contribution < -0.4 is 4.74 Å². The first-order chi connectivity index (χ1) is 9.50. The van der Waals surface area contributed by atoms with Crippen molar-refractivity contribution in [1.29, 1.82) is 0 Å². The van der Waals surface area contributed by atoms with Crippen LogP contribution in [0.5, 0.6) is 5.75 Å². The maximum absolute atomic E-state index is 10.8. The van der Waals surface area contributed by atoms with E-state index in [1.54, 1.807) is 0 Å². The number of imidazole rings is 1. The van der Waals surface area contributed by atoms with Gasteiger partial charge in [0.1, 0.15) is 12.4 Å². The third-order valence-corrected chi connectivity index (χ3v) is 2.56. The molecule has 0 atom stereocenters. The first-order valence-corrected chi connectivity index (χ1v) is 5.37. The maximum Gasteiger partial charge on any atom is 0.342 e. The first-order valence-electron chi connectivity index (χ1n) is 5.37. The molecule has 2 aromatic rings. The van der Waals surface area contributed by atoms with E-state index in [-0.39, 0.29) is 29.7 Å². The predicted molar refractivity (Wildman–Crippen MR) is 65.1 cm³/mol. The summed E-state index contributed by atoms with van der Waals surface area (Å²) in [5.74, 6) is 0.117. The summed E-state index contributed by atoms with van der Waals surface area (Å²) in [5, 5.41) is 21.4. The molecule has 0 amide bonds. The maximum atomic E-state index is 10.8. The van der Waals surface area contributed by atoms with Crippen molar-refractivity contribution in [2.45, 2.75) is 6.61 Å². The first kappa shape index (κ1) is 13.4. The Bertz CT molecular complexity index is 668. The Hall–Kier alpha value is -3.04. The zero-order chi connectivity index (χ0) is 14.7. The Morgan fingerprint density at radius 2 is 2.05 bits per heavy atom. The second-order valence-corrected chi connectivity index (χ2v) is 3.74. The molecule has 0 bridgehead atoms. The fourth-order valence-electron chi connectivity index (χ4n) is 1.52. The second-order valence-electron chi connectivity index (χ2n) is 3.74. The summed E-state index contributed by atoms with van der Waals surface area (Å²) in [4.78, 5) is 27.7. The number of nitrogens with zero attached hydrogens (tertiary/aromatic N) is 5. The molecule has 10 nitrogen and oxygen atoms in total. The van der Waals surface area contributed by atoms with E-state index in [0.717, 1.165) is 12.4 Å². The SMILES string of the molecule is Cn1c([N+](=O)[O-])cnc1COc1ccncc1[N+](=O)[O-]. The normalized spacial score (nSPS) is 10.2. The van der Waals surface area contributed by atoms with Gasteiger partial charge in [-0.2, -0.15) is 0 Å². The molecule has 2 aromatic heterocycles. The lowest BCUT2D eigenvalue weighted by molar-refractivity contribution is -0.391. The lowest BCUT2D eigenvalue weighted by Gasteiger charge is -2.04. The number of aromatic nitrogens is 3. The number of pyridine rings is 1. The molecule has 2 heterocycles. The van der Waals surface area contributed by atoms with Crippen LogP contribution in [0.4, 0.5) is 11.5 Å². The lowest BCUT2D eigenvalue weighted by Crippen LogP contribution is -2.06. The number of rotatable bonds is 5. The molecule has 0 aromatic carbocycles. The molecular formula is C10H9N5O5. The molecular weight excluding hydrogens is 270 g/mol. The highest BCUT2D eigenvalue weighted by molar-refractivity contribution is 5.43.